The summed E-state index contributed by atoms with van der Waals surface area (Å²) in [6.07, 6.45) is 5.85. The molecule has 3 unspecified atom stereocenters. The number of hydrogen-bond acceptors (Lipinski definition) is 7. The van der Waals surface area contributed by atoms with Crippen molar-refractivity contribution in [2.75, 3.05) is 39.6 Å². The quantitative estimate of drug-likeness (QED) is 0.149. The van der Waals surface area contributed by atoms with Crippen molar-refractivity contribution in [1.29, 1.82) is 0 Å². The molecule has 8 nitrogen and oxygen atoms in total. The second-order valence-electron chi connectivity index (χ2n) is 8.75. The topological polar surface area (TPSA) is 106 Å². The van der Waals surface area contributed by atoms with Crippen LogP contribution in [-0.4, -0.2) is 68.1 Å². The number of aliphatic hydroxyl groups excluding tert-OH is 2. The maximum Gasteiger partial charge on any atom is 0.251 e. The minimum Gasteiger partial charge on any atom is -0.457 e. The lowest BCUT2D eigenvalue weighted by atomic mass is 9.97. The van der Waals surface area contributed by atoms with E-state index in [1.54, 1.807) is 24.3 Å². The zero-order valence-corrected chi connectivity index (χ0v) is 21.5. The molecule has 1 amide bonds. The van der Waals surface area contributed by atoms with Crippen molar-refractivity contribution in [2.45, 2.75) is 45.0 Å². The number of terminal acetylenes is 1. The van der Waals surface area contributed by atoms with Gasteiger partial charge in [0.15, 0.2) is 6.29 Å². The van der Waals surface area contributed by atoms with Crippen LogP contribution in [0.4, 0.5) is 0 Å². The van der Waals surface area contributed by atoms with E-state index < -0.39 is 12.4 Å². The summed E-state index contributed by atoms with van der Waals surface area (Å²) in [6.45, 7) is 4.13. The molecule has 0 aliphatic heterocycles. The summed E-state index contributed by atoms with van der Waals surface area (Å²) in [6, 6.07) is 16.3. The lowest BCUT2D eigenvalue weighted by molar-refractivity contribution is -0.119. The lowest BCUT2D eigenvalue weighted by Crippen LogP contribution is -2.27. The third kappa shape index (κ3) is 13.8. The third-order valence-electron chi connectivity index (χ3n) is 5.51. The molecule has 0 spiro atoms. The van der Waals surface area contributed by atoms with Gasteiger partial charge in [-0.3, -0.25) is 4.79 Å². The number of ether oxygens (including phenoxy) is 4. The molecule has 0 aromatic heterocycles. The average Bonchev–Trinajstić information content (AvgIpc) is 2.89. The van der Waals surface area contributed by atoms with E-state index in [1.165, 1.54) is 0 Å². The first-order valence-electron chi connectivity index (χ1n) is 12.7. The number of amides is 1. The lowest BCUT2D eigenvalue weighted by Gasteiger charge is -2.18. The van der Waals surface area contributed by atoms with Crippen LogP contribution in [0.3, 0.4) is 0 Å². The Bertz CT molecular complexity index is 931. The molecule has 8 heteroatoms. The van der Waals surface area contributed by atoms with Gasteiger partial charge in [-0.05, 0) is 61.9 Å². The summed E-state index contributed by atoms with van der Waals surface area (Å²) < 4.78 is 21.5. The van der Waals surface area contributed by atoms with Gasteiger partial charge >= 0.3 is 0 Å². The molecule has 2 aromatic carbocycles. The molecule has 3 N–H and O–H groups in total. The van der Waals surface area contributed by atoms with Gasteiger partial charge < -0.3 is 34.5 Å². The summed E-state index contributed by atoms with van der Waals surface area (Å²) in [5.74, 6) is 3.63. The number of rotatable bonds is 19. The summed E-state index contributed by atoms with van der Waals surface area (Å²) in [7, 11) is 0. The molecule has 0 aliphatic rings. The van der Waals surface area contributed by atoms with Crippen molar-refractivity contribution in [1.82, 2.24) is 5.32 Å². The highest BCUT2D eigenvalue weighted by atomic mass is 16.6. The molecular weight excluding hydrogens is 474 g/mol. The molecule has 0 fully saturated rings. The Morgan fingerprint density at radius 3 is 2.46 bits per heavy atom. The van der Waals surface area contributed by atoms with E-state index >= 15 is 0 Å². The largest absolute Gasteiger partial charge is 0.457 e. The number of nitrogens with one attached hydrogen (secondary N) is 1. The van der Waals surface area contributed by atoms with Gasteiger partial charge in [0.1, 0.15) is 18.1 Å². The molecule has 3 atom stereocenters. The normalized spacial score (nSPS) is 13.4. The van der Waals surface area contributed by atoms with Crippen LogP contribution < -0.4 is 10.1 Å². The Morgan fingerprint density at radius 1 is 0.946 bits per heavy atom. The van der Waals surface area contributed by atoms with Gasteiger partial charge in [0, 0.05) is 12.1 Å². The first-order chi connectivity index (χ1) is 18.0. The predicted molar refractivity (Wildman–Crippen MR) is 141 cm³/mol. The van der Waals surface area contributed by atoms with E-state index in [1.807, 2.05) is 37.3 Å². The number of carbonyl (C=O) groups is 1. The smallest absolute Gasteiger partial charge is 0.251 e. The number of carbonyl (C=O) groups excluding carboxylic acids is 1. The maximum absolute atomic E-state index is 12.5. The fourth-order valence-electron chi connectivity index (χ4n) is 3.58. The van der Waals surface area contributed by atoms with E-state index in [-0.39, 0.29) is 25.0 Å². The van der Waals surface area contributed by atoms with Crippen molar-refractivity contribution in [2.24, 2.45) is 5.92 Å². The van der Waals surface area contributed by atoms with Gasteiger partial charge in [-0.15, -0.1) is 6.42 Å². The molecule has 0 radical (unpaired) electrons. The zero-order valence-electron chi connectivity index (χ0n) is 21.5. The fraction of sp³-hybridized carbons (Fsp3) is 0.483. The molecule has 0 heterocycles. The summed E-state index contributed by atoms with van der Waals surface area (Å²) in [5.41, 5.74) is 0.493. The SMILES string of the molecule is C#CCOCCOCCOC(O)CCC(C)CC(O)CCNC(=O)c1cccc(Oc2ccccc2)c1. The predicted octanol–water partition coefficient (Wildman–Crippen LogP) is 3.77. The summed E-state index contributed by atoms with van der Waals surface area (Å²) in [5, 5.41) is 23.2. The fourth-order valence-corrected chi connectivity index (χ4v) is 3.58. The van der Waals surface area contributed by atoms with Gasteiger partial charge in [0.2, 0.25) is 0 Å². The summed E-state index contributed by atoms with van der Waals surface area (Å²) in [4.78, 5) is 12.5. The van der Waals surface area contributed by atoms with Crippen LogP contribution >= 0.6 is 0 Å². The minimum absolute atomic E-state index is 0.195. The zero-order chi connectivity index (χ0) is 26.7. The number of benzene rings is 2. The van der Waals surface area contributed by atoms with E-state index in [9.17, 15) is 15.0 Å². The second kappa shape index (κ2) is 18.3. The Hall–Kier alpha value is -2.93. The molecule has 0 aliphatic carbocycles. The van der Waals surface area contributed by atoms with Gasteiger partial charge in [0.05, 0.1) is 32.5 Å². The molecule has 202 valence electrons. The van der Waals surface area contributed by atoms with Crippen LogP contribution in [0.2, 0.25) is 0 Å². The Balaban J connectivity index is 1.56. The minimum atomic E-state index is -0.873. The Labute approximate surface area is 219 Å². The van der Waals surface area contributed by atoms with Gasteiger partial charge in [-0.2, -0.15) is 0 Å². The number of aliphatic hydroxyl groups is 2. The van der Waals surface area contributed by atoms with Gasteiger partial charge in [0.25, 0.3) is 5.91 Å². The van der Waals surface area contributed by atoms with Gasteiger partial charge in [-0.25, -0.2) is 0 Å². The van der Waals surface area contributed by atoms with Crippen molar-refractivity contribution < 1.29 is 34.0 Å². The number of hydrogen-bond donors (Lipinski definition) is 3. The van der Waals surface area contributed by atoms with Crippen LogP contribution in [-0.2, 0) is 14.2 Å². The van der Waals surface area contributed by atoms with Crippen LogP contribution in [0, 0.1) is 18.3 Å². The highest BCUT2D eigenvalue weighted by Gasteiger charge is 2.14. The Kier molecular flexibility index (Phi) is 15.0. The molecular formula is C29H39NO7. The van der Waals surface area contributed by atoms with Crippen molar-refractivity contribution in [3.8, 4) is 23.8 Å². The molecule has 0 saturated heterocycles. The van der Waals surface area contributed by atoms with E-state index in [2.05, 4.69) is 11.2 Å². The molecule has 2 rings (SSSR count). The van der Waals surface area contributed by atoms with E-state index in [4.69, 9.17) is 25.4 Å². The van der Waals surface area contributed by atoms with Crippen molar-refractivity contribution >= 4 is 5.91 Å². The number of para-hydroxylation sites is 1. The molecule has 37 heavy (non-hydrogen) atoms. The van der Waals surface area contributed by atoms with Crippen LogP contribution in [0.5, 0.6) is 11.5 Å². The third-order valence-corrected chi connectivity index (χ3v) is 5.51. The monoisotopic (exact) mass is 513 g/mol. The molecule has 0 saturated carbocycles. The van der Waals surface area contributed by atoms with Crippen molar-refractivity contribution in [3.63, 3.8) is 0 Å². The van der Waals surface area contributed by atoms with Crippen LogP contribution in [0.1, 0.15) is 43.0 Å². The first kappa shape index (κ1) is 30.3. The van der Waals surface area contributed by atoms with E-state index in [0.717, 1.165) is 0 Å². The van der Waals surface area contributed by atoms with Gasteiger partial charge in [-0.1, -0.05) is 37.1 Å². The highest BCUT2D eigenvalue weighted by Crippen LogP contribution is 2.22. The Morgan fingerprint density at radius 2 is 1.68 bits per heavy atom. The second-order valence-corrected chi connectivity index (χ2v) is 8.75. The first-order valence-corrected chi connectivity index (χ1v) is 12.7. The summed E-state index contributed by atoms with van der Waals surface area (Å²) >= 11 is 0. The average molecular weight is 514 g/mol. The maximum atomic E-state index is 12.5. The van der Waals surface area contributed by atoms with E-state index in [0.29, 0.717) is 69.1 Å². The van der Waals surface area contributed by atoms with Crippen LogP contribution in [0.15, 0.2) is 54.6 Å². The highest BCUT2D eigenvalue weighted by molar-refractivity contribution is 5.94. The van der Waals surface area contributed by atoms with Crippen LogP contribution in [0.25, 0.3) is 0 Å². The molecule has 2 aromatic rings. The van der Waals surface area contributed by atoms with Crippen molar-refractivity contribution in [3.05, 3.63) is 60.2 Å². The standard InChI is InChI=1S/C29H39NO7/c1-3-16-34-17-18-35-19-20-36-28(32)13-12-23(2)21-25(31)14-15-30-29(33)24-8-7-11-27(22-24)37-26-9-5-4-6-10-26/h1,4-11,22-23,25,28,31-32H,12-21H2,2H3,(H,30,33). The molecule has 0 bridgehead atoms.